The van der Waals surface area contributed by atoms with Gasteiger partial charge in [0.2, 0.25) is 0 Å². The Labute approximate surface area is 113 Å². The van der Waals surface area contributed by atoms with Gasteiger partial charge < -0.3 is 10.6 Å². The van der Waals surface area contributed by atoms with Gasteiger partial charge in [-0.05, 0) is 36.1 Å². The van der Waals surface area contributed by atoms with Crippen LogP contribution in [-0.2, 0) is 19.5 Å². The number of rotatable bonds is 2. The van der Waals surface area contributed by atoms with E-state index >= 15 is 0 Å². The lowest BCUT2D eigenvalue weighted by Crippen LogP contribution is -2.24. The van der Waals surface area contributed by atoms with E-state index in [1.165, 1.54) is 11.1 Å². The summed E-state index contributed by atoms with van der Waals surface area (Å²) >= 11 is 0. The standard InChI is InChI=1S/C15H18N4/c16-10-14-7-8-15(18-17-14)19-9-3-6-12-4-1-2-5-13(12)11-19/h1-2,4-5,7-8H,3,6,9-11,16H2. The Bertz CT molecular complexity index is 550. The van der Waals surface area contributed by atoms with Crippen LogP contribution in [0.5, 0.6) is 0 Å². The molecule has 0 radical (unpaired) electrons. The first-order chi connectivity index (χ1) is 9.36. The molecule has 2 N–H and O–H groups in total. The lowest BCUT2D eigenvalue weighted by atomic mass is 10.0. The molecule has 19 heavy (non-hydrogen) atoms. The highest BCUT2D eigenvalue weighted by Gasteiger charge is 2.15. The van der Waals surface area contributed by atoms with Crippen LogP contribution in [0.1, 0.15) is 23.2 Å². The van der Waals surface area contributed by atoms with Crippen LogP contribution in [0.3, 0.4) is 0 Å². The third kappa shape index (κ3) is 2.58. The first kappa shape index (κ1) is 12.1. The van der Waals surface area contributed by atoms with Crippen LogP contribution in [0.2, 0.25) is 0 Å². The zero-order chi connectivity index (χ0) is 13.1. The Morgan fingerprint density at radius 3 is 2.63 bits per heavy atom. The second kappa shape index (κ2) is 5.36. The largest absolute Gasteiger partial charge is 0.351 e. The lowest BCUT2D eigenvalue weighted by molar-refractivity contribution is 0.740. The molecule has 0 unspecified atom stereocenters. The highest BCUT2D eigenvalue weighted by atomic mass is 15.3. The monoisotopic (exact) mass is 254 g/mol. The van der Waals surface area contributed by atoms with E-state index in [1.54, 1.807) is 0 Å². The molecule has 0 saturated carbocycles. The van der Waals surface area contributed by atoms with Gasteiger partial charge in [0.1, 0.15) is 0 Å². The summed E-state index contributed by atoms with van der Waals surface area (Å²) in [5, 5.41) is 8.43. The molecule has 0 spiro atoms. The fraction of sp³-hybridized carbons (Fsp3) is 0.333. The van der Waals surface area contributed by atoms with Gasteiger partial charge in [0.05, 0.1) is 5.69 Å². The molecule has 2 heterocycles. The highest BCUT2D eigenvalue weighted by molar-refractivity contribution is 5.41. The van der Waals surface area contributed by atoms with Crippen molar-refractivity contribution in [2.24, 2.45) is 5.73 Å². The van der Waals surface area contributed by atoms with E-state index in [9.17, 15) is 0 Å². The van der Waals surface area contributed by atoms with Crippen molar-refractivity contribution in [3.05, 3.63) is 53.2 Å². The van der Waals surface area contributed by atoms with Gasteiger partial charge in [-0.25, -0.2) is 0 Å². The van der Waals surface area contributed by atoms with Crippen LogP contribution < -0.4 is 10.6 Å². The quantitative estimate of drug-likeness (QED) is 0.889. The Balaban J connectivity index is 1.85. The predicted octanol–water partition coefficient (Wildman–Crippen LogP) is 1.89. The molecule has 1 aliphatic heterocycles. The summed E-state index contributed by atoms with van der Waals surface area (Å²) in [4.78, 5) is 2.29. The maximum atomic E-state index is 5.55. The molecular weight excluding hydrogens is 236 g/mol. The van der Waals surface area contributed by atoms with Crippen molar-refractivity contribution in [3.63, 3.8) is 0 Å². The van der Waals surface area contributed by atoms with Crippen LogP contribution in [0, 0.1) is 0 Å². The van der Waals surface area contributed by atoms with Crippen LogP contribution in [-0.4, -0.2) is 16.7 Å². The van der Waals surface area contributed by atoms with Crippen molar-refractivity contribution in [2.75, 3.05) is 11.4 Å². The van der Waals surface area contributed by atoms with Crippen LogP contribution in [0.25, 0.3) is 0 Å². The molecule has 1 aromatic carbocycles. The molecule has 0 fully saturated rings. The number of nitrogens with two attached hydrogens (primary N) is 1. The van der Waals surface area contributed by atoms with E-state index in [2.05, 4.69) is 39.4 Å². The molecule has 3 rings (SSSR count). The molecule has 0 saturated heterocycles. The van der Waals surface area contributed by atoms with Gasteiger partial charge in [-0.2, -0.15) is 5.10 Å². The van der Waals surface area contributed by atoms with Gasteiger partial charge in [0.25, 0.3) is 0 Å². The molecule has 0 aliphatic carbocycles. The molecule has 1 aliphatic rings. The SMILES string of the molecule is NCc1ccc(N2CCCc3ccccc3C2)nn1. The fourth-order valence-electron chi connectivity index (χ4n) is 2.53. The molecule has 98 valence electrons. The molecule has 2 aromatic rings. The number of hydrogen-bond donors (Lipinski definition) is 1. The maximum Gasteiger partial charge on any atom is 0.151 e. The number of aromatic nitrogens is 2. The maximum absolute atomic E-state index is 5.55. The number of hydrogen-bond acceptors (Lipinski definition) is 4. The Morgan fingerprint density at radius 2 is 1.89 bits per heavy atom. The first-order valence-electron chi connectivity index (χ1n) is 6.71. The van der Waals surface area contributed by atoms with Crippen LogP contribution in [0.15, 0.2) is 36.4 Å². The molecular formula is C15H18N4. The third-order valence-corrected chi connectivity index (χ3v) is 3.59. The molecule has 0 bridgehead atoms. The minimum atomic E-state index is 0.441. The van der Waals surface area contributed by atoms with Crippen molar-refractivity contribution >= 4 is 5.82 Å². The number of fused-ring (bicyclic) bond motifs is 1. The average Bonchev–Trinajstić information content (AvgIpc) is 2.69. The van der Waals surface area contributed by atoms with Crippen molar-refractivity contribution in [1.29, 1.82) is 0 Å². The molecule has 4 nitrogen and oxygen atoms in total. The van der Waals surface area contributed by atoms with Gasteiger partial charge in [-0.15, -0.1) is 5.10 Å². The smallest absolute Gasteiger partial charge is 0.151 e. The van der Waals surface area contributed by atoms with E-state index < -0.39 is 0 Å². The zero-order valence-electron chi connectivity index (χ0n) is 10.9. The van der Waals surface area contributed by atoms with E-state index in [0.29, 0.717) is 6.54 Å². The number of aryl methyl sites for hydroxylation is 1. The number of nitrogens with zero attached hydrogens (tertiary/aromatic N) is 3. The molecule has 0 atom stereocenters. The third-order valence-electron chi connectivity index (χ3n) is 3.59. The highest BCUT2D eigenvalue weighted by Crippen LogP contribution is 2.22. The van der Waals surface area contributed by atoms with Crippen molar-refractivity contribution in [2.45, 2.75) is 25.9 Å². The molecule has 0 amide bonds. The van der Waals surface area contributed by atoms with Gasteiger partial charge in [0.15, 0.2) is 5.82 Å². The van der Waals surface area contributed by atoms with Gasteiger partial charge >= 0.3 is 0 Å². The fourth-order valence-corrected chi connectivity index (χ4v) is 2.53. The van der Waals surface area contributed by atoms with Gasteiger partial charge in [-0.3, -0.25) is 0 Å². The summed E-state index contributed by atoms with van der Waals surface area (Å²) in [5.74, 6) is 0.939. The van der Waals surface area contributed by atoms with E-state index in [0.717, 1.165) is 37.4 Å². The van der Waals surface area contributed by atoms with E-state index in [-0.39, 0.29) is 0 Å². The Morgan fingerprint density at radius 1 is 1.05 bits per heavy atom. The van der Waals surface area contributed by atoms with Crippen molar-refractivity contribution in [1.82, 2.24) is 10.2 Å². The lowest BCUT2D eigenvalue weighted by Gasteiger charge is -2.21. The Hall–Kier alpha value is -1.94. The summed E-state index contributed by atoms with van der Waals surface area (Å²) < 4.78 is 0. The Kier molecular flexibility index (Phi) is 3.42. The summed E-state index contributed by atoms with van der Waals surface area (Å²) in [6, 6.07) is 12.6. The molecule has 1 aromatic heterocycles. The summed E-state index contributed by atoms with van der Waals surface area (Å²) in [7, 11) is 0. The van der Waals surface area contributed by atoms with E-state index in [4.69, 9.17) is 5.73 Å². The second-order valence-corrected chi connectivity index (χ2v) is 4.88. The van der Waals surface area contributed by atoms with Crippen molar-refractivity contribution < 1.29 is 0 Å². The van der Waals surface area contributed by atoms with Gasteiger partial charge in [-0.1, -0.05) is 24.3 Å². The number of benzene rings is 1. The minimum absolute atomic E-state index is 0.441. The summed E-state index contributed by atoms with van der Waals surface area (Å²) in [6.07, 6.45) is 2.29. The van der Waals surface area contributed by atoms with E-state index in [1.807, 2.05) is 12.1 Å². The van der Waals surface area contributed by atoms with Crippen molar-refractivity contribution in [3.8, 4) is 0 Å². The second-order valence-electron chi connectivity index (χ2n) is 4.88. The molecule has 4 heteroatoms. The summed E-state index contributed by atoms with van der Waals surface area (Å²) in [5.41, 5.74) is 9.23. The first-order valence-corrected chi connectivity index (χ1v) is 6.71. The normalized spacial score (nSPS) is 14.9. The average molecular weight is 254 g/mol. The van der Waals surface area contributed by atoms with Crippen LogP contribution in [0.4, 0.5) is 5.82 Å². The topological polar surface area (TPSA) is 55.0 Å². The predicted molar refractivity (Wildman–Crippen MR) is 75.7 cm³/mol. The van der Waals surface area contributed by atoms with Gasteiger partial charge in [0, 0.05) is 19.6 Å². The number of anilines is 1. The zero-order valence-corrected chi connectivity index (χ0v) is 10.9. The summed E-state index contributed by atoms with van der Waals surface area (Å²) in [6.45, 7) is 2.37. The van der Waals surface area contributed by atoms with Crippen LogP contribution >= 0.6 is 0 Å². The minimum Gasteiger partial charge on any atom is -0.351 e.